The van der Waals surface area contributed by atoms with E-state index in [2.05, 4.69) is 26.6 Å². The topological polar surface area (TPSA) is 98.1 Å². The van der Waals surface area contributed by atoms with Crippen molar-refractivity contribution in [2.24, 2.45) is 17.8 Å². The number of carbonyl (C=O) groups excluding carboxylic acids is 2. The van der Waals surface area contributed by atoms with Crippen LogP contribution in [0.3, 0.4) is 0 Å². The van der Waals surface area contributed by atoms with E-state index >= 15 is 0 Å². The molecule has 2 heterocycles. The second-order valence-corrected chi connectivity index (χ2v) is 11.6. The summed E-state index contributed by atoms with van der Waals surface area (Å²) in [6.07, 6.45) is 6.52. The number of aryl methyl sites for hydroxylation is 1. The van der Waals surface area contributed by atoms with Gasteiger partial charge in [0.05, 0.1) is 16.6 Å². The fourth-order valence-electron chi connectivity index (χ4n) is 5.88. The van der Waals surface area contributed by atoms with Crippen LogP contribution in [0.4, 0.5) is 14.3 Å². The Morgan fingerprint density at radius 1 is 1.22 bits per heavy atom. The van der Waals surface area contributed by atoms with Crippen molar-refractivity contribution in [3.63, 3.8) is 0 Å². The summed E-state index contributed by atoms with van der Waals surface area (Å²) >= 11 is 1.19. The third-order valence-corrected chi connectivity index (χ3v) is 8.84. The molecule has 0 bridgehead atoms. The minimum absolute atomic E-state index is 0.0297. The highest BCUT2D eigenvalue weighted by Crippen LogP contribution is 2.33. The molecule has 2 fully saturated rings. The van der Waals surface area contributed by atoms with Crippen molar-refractivity contribution < 1.29 is 14.0 Å². The Labute approximate surface area is 222 Å². The van der Waals surface area contributed by atoms with Gasteiger partial charge in [-0.1, -0.05) is 23.5 Å². The summed E-state index contributed by atoms with van der Waals surface area (Å²) in [6, 6.07) is 8.78. The number of piperidine rings is 1. The zero-order chi connectivity index (χ0) is 26.4. The Hall–Kier alpha value is -2.83. The summed E-state index contributed by atoms with van der Waals surface area (Å²) in [6.45, 7) is 6.22. The summed E-state index contributed by atoms with van der Waals surface area (Å²) in [7, 11) is 0. The van der Waals surface area contributed by atoms with Crippen LogP contribution in [0.25, 0.3) is 0 Å². The molecule has 2 N–H and O–H groups in total. The molecule has 1 saturated carbocycles. The molecule has 1 aromatic carbocycles. The van der Waals surface area contributed by atoms with Crippen LogP contribution >= 0.6 is 11.3 Å². The van der Waals surface area contributed by atoms with E-state index in [9.17, 15) is 19.2 Å². The van der Waals surface area contributed by atoms with Crippen molar-refractivity contribution >= 4 is 28.3 Å². The highest BCUT2D eigenvalue weighted by atomic mass is 32.1. The van der Waals surface area contributed by atoms with Gasteiger partial charge in [-0.3, -0.25) is 10.1 Å². The monoisotopic (exact) mass is 525 g/mol. The molecule has 2 amide bonds. The molecule has 2 aliphatic rings. The molecule has 7 nitrogen and oxygen atoms in total. The number of urea groups is 1. The zero-order valence-electron chi connectivity index (χ0n) is 21.6. The van der Waals surface area contributed by atoms with Gasteiger partial charge in [0.1, 0.15) is 5.82 Å². The molecule has 0 spiro atoms. The van der Waals surface area contributed by atoms with Gasteiger partial charge in [-0.05, 0) is 87.4 Å². The fraction of sp³-hybridized carbons (Fsp3) is 0.571. The van der Waals surface area contributed by atoms with Crippen LogP contribution in [-0.2, 0) is 6.42 Å². The average Bonchev–Trinajstić information content (AvgIpc) is 3.22. The second kappa shape index (κ2) is 12.6. The van der Waals surface area contributed by atoms with Gasteiger partial charge in [0.15, 0.2) is 10.9 Å². The van der Waals surface area contributed by atoms with Gasteiger partial charge in [-0.15, -0.1) is 0 Å². The highest BCUT2D eigenvalue weighted by Gasteiger charge is 2.34. The number of likely N-dealkylation sites (tertiary alicyclic amines) is 1. The number of aromatic nitrogens is 1. The van der Waals surface area contributed by atoms with Crippen LogP contribution in [0.5, 0.6) is 0 Å². The lowest BCUT2D eigenvalue weighted by Gasteiger charge is -2.41. The molecule has 1 aliphatic heterocycles. The third kappa shape index (κ3) is 7.59. The van der Waals surface area contributed by atoms with Crippen molar-refractivity contribution in [3.05, 3.63) is 46.2 Å². The molecule has 4 rings (SSSR count). The molecular weight excluding hydrogens is 489 g/mol. The molecule has 4 atom stereocenters. The Balaban J connectivity index is 1.37. The minimum atomic E-state index is -0.315. The maximum Gasteiger partial charge on any atom is 0.321 e. The fourth-order valence-corrected chi connectivity index (χ4v) is 6.73. The van der Waals surface area contributed by atoms with Gasteiger partial charge in [0.25, 0.3) is 0 Å². The highest BCUT2D eigenvalue weighted by molar-refractivity contribution is 7.17. The number of ketones is 1. The minimum Gasteiger partial charge on any atom is -0.335 e. The van der Waals surface area contributed by atoms with Gasteiger partial charge < -0.3 is 10.2 Å². The maximum atomic E-state index is 13.3. The van der Waals surface area contributed by atoms with Crippen molar-refractivity contribution in [3.8, 4) is 6.07 Å². The molecule has 37 heavy (non-hydrogen) atoms. The van der Waals surface area contributed by atoms with Crippen LogP contribution in [0.2, 0.25) is 0 Å². The molecule has 1 aromatic heterocycles. The van der Waals surface area contributed by atoms with Gasteiger partial charge in [0, 0.05) is 32.5 Å². The van der Waals surface area contributed by atoms with Crippen LogP contribution in [0, 0.1) is 41.8 Å². The van der Waals surface area contributed by atoms with E-state index in [1.807, 2.05) is 12.1 Å². The Kier molecular flexibility index (Phi) is 9.28. The van der Waals surface area contributed by atoms with E-state index in [1.54, 1.807) is 6.92 Å². The lowest BCUT2D eigenvalue weighted by atomic mass is 9.76. The summed E-state index contributed by atoms with van der Waals surface area (Å²) in [5, 5.41) is 15.6. The number of thiazole rings is 1. The van der Waals surface area contributed by atoms with Gasteiger partial charge in [0.2, 0.25) is 0 Å². The molecule has 198 valence electrons. The SMILES string of the molecule is CC(=O)c1sc(NC(=O)N[C@@H]2CC(CC#N)CC[C@H]2CN2CCC[C@@H](Cc3ccc(F)cc3)C2)nc1C. The number of carbonyl (C=O) groups is 2. The number of hydrogen-bond acceptors (Lipinski definition) is 6. The molecule has 9 heteroatoms. The molecule has 0 radical (unpaired) electrons. The number of benzene rings is 1. The predicted octanol–water partition coefficient (Wildman–Crippen LogP) is 5.57. The lowest BCUT2D eigenvalue weighted by Crippen LogP contribution is -2.50. The Morgan fingerprint density at radius 2 is 2.00 bits per heavy atom. The number of anilines is 1. The van der Waals surface area contributed by atoms with Gasteiger partial charge in [-0.2, -0.15) is 5.26 Å². The number of Topliss-reactive ketones (excluding diaryl/α,β-unsaturated/α-hetero) is 1. The van der Waals surface area contributed by atoms with E-state index in [1.165, 1.54) is 42.4 Å². The quantitative estimate of drug-likeness (QED) is 0.439. The zero-order valence-corrected chi connectivity index (χ0v) is 22.5. The first-order valence-corrected chi connectivity index (χ1v) is 14.0. The summed E-state index contributed by atoms with van der Waals surface area (Å²) in [5.41, 5.74) is 1.80. The van der Waals surface area contributed by atoms with Crippen molar-refractivity contribution in [2.75, 3.05) is 25.0 Å². The van der Waals surface area contributed by atoms with Crippen LogP contribution in [-0.4, -0.2) is 47.4 Å². The first-order valence-electron chi connectivity index (χ1n) is 13.2. The average molecular weight is 526 g/mol. The van der Waals surface area contributed by atoms with E-state index in [-0.39, 0.29) is 29.6 Å². The van der Waals surface area contributed by atoms with Crippen LogP contribution < -0.4 is 10.6 Å². The van der Waals surface area contributed by atoms with Gasteiger partial charge >= 0.3 is 6.03 Å². The standard InChI is InChI=1S/C28H36FN5O2S/c1-18-26(19(2)35)37-28(31-18)33-27(36)32-25-15-21(11-12-30)5-8-23(25)17-34-13-3-4-22(16-34)14-20-6-9-24(29)10-7-20/h6-7,9-10,21-23,25H,3-5,8,11,13-17H2,1-2H3,(H2,31,32,33,36)/t21?,22-,23-,25+/m0/s1. The lowest BCUT2D eigenvalue weighted by molar-refractivity contribution is 0.102. The number of amides is 2. The molecule has 1 aliphatic carbocycles. The number of hydrogen-bond donors (Lipinski definition) is 2. The van der Waals surface area contributed by atoms with Crippen molar-refractivity contribution in [1.82, 2.24) is 15.2 Å². The van der Waals surface area contributed by atoms with Crippen LogP contribution in [0.15, 0.2) is 24.3 Å². The van der Waals surface area contributed by atoms with E-state index in [0.717, 1.165) is 51.7 Å². The number of rotatable bonds is 8. The smallest absolute Gasteiger partial charge is 0.321 e. The number of nitriles is 1. The van der Waals surface area contributed by atoms with Crippen LogP contribution in [0.1, 0.15) is 66.4 Å². The Bertz CT molecular complexity index is 1130. The van der Waals surface area contributed by atoms with E-state index in [4.69, 9.17) is 0 Å². The molecular formula is C28H36FN5O2S. The number of nitrogens with one attached hydrogen (secondary N) is 2. The molecule has 2 aromatic rings. The predicted molar refractivity (Wildman–Crippen MR) is 143 cm³/mol. The maximum absolute atomic E-state index is 13.3. The summed E-state index contributed by atoms with van der Waals surface area (Å²) in [4.78, 5) is 32.0. The number of halogens is 1. The van der Waals surface area contributed by atoms with Gasteiger partial charge in [-0.25, -0.2) is 14.2 Å². The van der Waals surface area contributed by atoms with Crippen molar-refractivity contribution in [2.45, 2.75) is 64.8 Å². The first kappa shape index (κ1) is 27.2. The first-order chi connectivity index (χ1) is 17.8. The second-order valence-electron chi connectivity index (χ2n) is 10.6. The normalized spacial score (nSPS) is 24.3. The van der Waals surface area contributed by atoms with E-state index in [0.29, 0.717) is 34.0 Å². The molecule has 1 unspecified atom stereocenters. The summed E-state index contributed by atoms with van der Waals surface area (Å²) < 4.78 is 13.3. The number of nitrogens with zero attached hydrogens (tertiary/aromatic N) is 3. The summed E-state index contributed by atoms with van der Waals surface area (Å²) in [5.74, 6) is 0.858. The third-order valence-electron chi connectivity index (χ3n) is 7.67. The van der Waals surface area contributed by atoms with Crippen molar-refractivity contribution in [1.29, 1.82) is 5.26 Å². The Morgan fingerprint density at radius 3 is 2.70 bits per heavy atom. The van der Waals surface area contributed by atoms with E-state index < -0.39 is 0 Å². The molecule has 1 saturated heterocycles. The largest absolute Gasteiger partial charge is 0.335 e.